The summed E-state index contributed by atoms with van der Waals surface area (Å²) in [5.41, 5.74) is 0. The predicted molar refractivity (Wildman–Crippen MR) is 60.2 cm³/mol. The quantitative estimate of drug-likeness (QED) is 0.564. The highest BCUT2D eigenvalue weighted by Crippen LogP contribution is 2.12. The molecule has 0 saturated carbocycles. The molecule has 0 aliphatic heterocycles. The second-order valence-electron chi connectivity index (χ2n) is 4.56. The molecule has 1 unspecified atom stereocenters. The minimum absolute atomic E-state index is 0.104. The van der Waals surface area contributed by atoms with Crippen LogP contribution in [0.3, 0.4) is 0 Å². The molecule has 0 aromatic rings. The van der Waals surface area contributed by atoms with Crippen LogP contribution in [0.2, 0.25) is 0 Å². The molecule has 0 heterocycles. The molecular weight excluding hydrogens is 176 g/mol. The average Bonchev–Trinajstić information content (AvgIpc) is 2.10. The molecule has 0 aliphatic rings. The zero-order chi connectivity index (χ0) is 10.8. The lowest BCUT2D eigenvalue weighted by molar-refractivity contribution is 0.136. The van der Waals surface area contributed by atoms with Gasteiger partial charge in [-0.1, -0.05) is 39.5 Å². The zero-order valence-electron chi connectivity index (χ0n) is 9.71. The predicted octanol–water partition coefficient (Wildman–Crippen LogP) is 2.73. The third kappa shape index (κ3) is 10.0. The van der Waals surface area contributed by atoms with Gasteiger partial charge in [0.25, 0.3) is 0 Å². The van der Waals surface area contributed by atoms with Gasteiger partial charge in [0.1, 0.15) is 0 Å². The minimum Gasteiger partial charge on any atom is -0.396 e. The van der Waals surface area contributed by atoms with Crippen molar-refractivity contribution in [2.45, 2.75) is 64.9 Å². The molecule has 0 spiro atoms. The van der Waals surface area contributed by atoms with Crippen LogP contribution in [0.15, 0.2) is 0 Å². The third-order valence-corrected chi connectivity index (χ3v) is 2.44. The van der Waals surface area contributed by atoms with E-state index in [0.29, 0.717) is 12.5 Å². The van der Waals surface area contributed by atoms with Crippen molar-refractivity contribution in [2.24, 2.45) is 5.92 Å². The van der Waals surface area contributed by atoms with Crippen molar-refractivity contribution < 1.29 is 10.2 Å². The van der Waals surface area contributed by atoms with Crippen LogP contribution in [0.1, 0.15) is 58.8 Å². The molecule has 0 fully saturated rings. The van der Waals surface area contributed by atoms with E-state index in [1.54, 1.807) is 0 Å². The van der Waals surface area contributed by atoms with Gasteiger partial charge >= 0.3 is 0 Å². The van der Waals surface area contributed by atoms with E-state index >= 15 is 0 Å². The van der Waals surface area contributed by atoms with Crippen molar-refractivity contribution in [2.75, 3.05) is 6.61 Å². The lowest BCUT2D eigenvalue weighted by Crippen LogP contribution is -2.09. The molecule has 2 nitrogen and oxygen atoms in total. The number of unbranched alkanes of at least 4 members (excludes halogenated alkanes) is 4. The molecule has 0 aromatic carbocycles. The summed E-state index contributed by atoms with van der Waals surface area (Å²) in [6.45, 7) is 4.60. The first kappa shape index (κ1) is 13.9. The van der Waals surface area contributed by atoms with E-state index in [1.165, 1.54) is 12.8 Å². The molecule has 0 radical (unpaired) electrons. The molecule has 2 heteroatoms. The van der Waals surface area contributed by atoms with Crippen LogP contribution in [-0.2, 0) is 0 Å². The van der Waals surface area contributed by atoms with Crippen LogP contribution < -0.4 is 0 Å². The molecule has 2 N–H and O–H groups in total. The maximum Gasteiger partial charge on any atom is 0.0542 e. The van der Waals surface area contributed by atoms with Gasteiger partial charge in [-0.05, 0) is 25.2 Å². The van der Waals surface area contributed by atoms with Crippen LogP contribution in [-0.4, -0.2) is 22.9 Å². The highest BCUT2D eigenvalue weighted by Gasteiger charge is 2.05. The van der Waals surface area contributed by atoms with Crippen molar-refractivity contribution in [1.82, 2.24) is 0 Å². The smallest absolute Gasteiger partial charge is 0.0542 e. The van der Waals surface area contributed by atoms with Crippen LogP contribution >= 0.6 is 0 Å². The zero-order valence-corrected chi connectivity index (χ0v) is 9.71. The van der Waals surface area contributed by atoms with Gasteiger partial charge in [-0.3, -0.25) is 0 Å². The lowest BCUT2D eigenvalue weighted by Gasteiger charge is -2.12. The van der Waals surface area contributed by atoms with E-state index in [4.69, 9.17) is 5.11 Å². The Kier molecular flexibility index (Phi) is 9.42. The van der Waals surface area contributed by atoms with Gasteiger partial charge in [0.2, 0.25) is 0 Å². The van der Waals surface area contributed by atoms with Gasteiger partial charge in [0, 0.05) is 6.61 Å². The van der Waals surface area contributed by atoms with E-state index in [1.807, 2.05) is 0 Å². The Morgan fingerprint density at radius 3 is 2.07 bits per heavy atom. The maximum atomic E-state index is 9.58. The number of aliphatic hydroxyl groups excluding tert-OH is 2. The van der Waals surface area contributed by atoms with E-state index in [2.05, 4.69) is 13.8 Å². The van der Waals surface area contributed by atoms with E-state index in [9.17, 15) is 5.11 Å². The Bertz CT molecular complexity index is 113. The fraction of sp³-hybridized carbons (Fsp3) is 1.00. The molecule has 0 rings (SSSR count). The molecule has 0 bridgehead atoms. The molecule has 0 saturated heterocycles. The summed E-state index contributed by atoms with van der Waals surface area (Å²) in [4.78, 5) is 0. The number of rotatable bonds is 9. The first-order valence-electron chi connectivity index (χ1n) is 5.95. The summed E-state index contributed by atoms with van der Waals surface area (Å²) in [7, 11) is 0. The normalized spacial score (nSPS) is 13.5. The Balaban J connectivity index is 3.10. The van der Waals surface area contributed by atoms with Crippen LogP contribution in [0.25, 0.3) is 0 Å². The second-order valence-corrected chi connectivity index (χ2v) is 4.56. The van der Waals surface area contributed by atoms with Gasteiger partial charge in [-0.2, -0.15) is 0 Å². The Labute approximate surface area is 88.3 Å². The largest absolute Gasteiger partial charge is 0.396 e. The summed E-state index contributed by atoms with van der Waals surface area (Å²) in [5, 5.41) is 18.2. The van der Waals surface area contributed by atoms with Gasteiger partial charge in [-0.15, -0.1) is 0 Å². The van der Waals surface area contributed by atoms with Gasteiger partial charge in [0.05, 0.1) is 6.10 Å². The molecular formula is C12H26O2. The van der Waals surface area contributed by atoms with Gasteiger partial charge in [0.15, 0.2) is 0 Å². The van der Waals surface area contributed by atoms with Gasteiger partial charge < -0.3 is 10.2 Å². The van der Waals surface area contributed by atoms with Crippen molar-refractivity contribution in [3.05, 3.63) is 0 Å². The number of aliphatic hydroxyl groups is 2. The first-order chi connectivity index (χ1) is 6.66. The monoisotopic (exact) mass is 202 g/mol. The standard InChI is InChI=1S/C12H26O2/c1-11(2)10-12(14)8-6-4-3-5-7-9-13/h11-14H,3-10H2,1-2H3. The SMILES string of the molecule is CC(C)CC(O)CCCCCCCO. The molecule has 14 heavy (non-hydrogen) atoms. The second kappa shape index (κ2) is 9.47. The maximum absolute atomic E-state index is 9.58. The van der Waals surface area contributed by atoms with Crippen LogP contribution in [0.4, 0.5) is 0 Å². The summed E-state index contributed by atoms with van der Waals surface area (Å²) in [6, 6.07) is 0. The Morgan fingerprint density at radius 2 is 1.50 bits per heavy atom. The molecule has 86 valence electrons. The lowest BCUT2D eigenvalue weighted by atomic mass is 10.0. The fourth-order valence-corrected chi connectivity index (χ4v) is 1.68. The first-order valence-corrected chi connectivity index (χ1v) is 5.95. The van der Waals surface area contributed by atoms with E-state index in [-0.39, 0.29) is 6.10 Å². The minimum atomic E-state index is -0.104. The van der Waals surface area contributed by atoms with Crippen LogP contribution in [0, 0.1) is 5.92 Å². The van der Waals surface area contributed by atoms with Crippen molar-refractivity contribution in [3.63, 3.8) is 0 Å². The van der Waals surface area contributed by atoms with Crippen molar-refractivity contribution in [3.8, 4) is 0 Å². The molecule has 1 atom stereocenters. The number of hydrogen-bond acceptors (Lipinski definition) is 2. The fourth-order valence-electron chi connectivity index (χ4n) is 1.68. The van der Waals surface area contributed by atoms with E-state index < -0.39 is 0 Å². The highest BCUT2D eigenvalue weighted by atomic mass is 16.3. The average molecular weight is 202 g/mol. The summed E-state index contributed by atoms with van der Waals surface area (Å²) < 4.78 is 0. The Hall–Kier alpha value is -0.0800. The van der Waals surface area contributed by atoms with Crippen molar-refractivity contribution >= 4 is 0 Å². The molecule has 0 aromatic heterocycles. The summed E-state index contributed by atoms with van der Waals surface area (Å²) >= 11 is 0. The molecule has 0 amide bonds. The van der Waals surface area contributed by atoms with Crippen molar-refractivity contribution in [1.29, 1.82) is 0 Å². The number of hydrogen-bond donors (Lipinski definition) is 2. The van der Waals surface area contributed by atoms with Gasteiger partial charge in [-0.25, -0.2) is 0 Å². The topological polar surface area (TPSA) is 40.5 Å². The Morgan fingerprint density at radius 1 is 0.929 bits per heavy atom. The highest BCUT2D eigenvalue weighted by molar-refractivity contribution is 4.58. The third-order valence-electron chi connectivity index (χ3n) is 2.44. The molecule has 0 aliphatic carbocycles. The van der Waals surface area contributed by atoms with E-state index in [0.717, 1.165) is 32.1 Å². The summed E-state index contributed by atoms with van der Waals surface area (Å²) in [6.07, 6.45) is 7.32. The summed E-state index contributed by atoms with van der Waals surface area (Å²) in [5.74, 6) is 0.597. The van der Waals surface area contributed by atoms with Crippen LogP contribution in [0.5, 0.6) is 0 Å².